The van der Waals surface area contributed by atoms with E-state index in [-0.39, 0.29) is 5.92 Å². The van der Waals surface area contributed by atoms with Gasteiger partial charge in [-0.2, -0.15) is 5.26 Å². The largest absolute Gasteiger partial charge is 0.198 e. The summed E-state index contributed by atoms with van der Waals surface area (Å²) in [6.45, 7) is 2.16. The van der Waals surface area contributed by atoms with E-state index in [1.54, 1.807) is 0 Å². The van der Waals surface area contributed by atoms with Gasteiger partial charge in [0.05, 0.1) is 12.0 Å². The van der Waals surface area contributed by atoms with Crippen molar-refractivity contribution in [3.63, 3.8) is 0 Å². The molecular formula is C16H21N. The van der Waals surface area contributed by atoms with E-state index in [1.165, 1.54) is 43.2 Å². The van der Waals surface area contributed by atoms with Gasteiger partial charge in [0.25, 0.3) is 0 Å². The minimum Gasteiger partial charge on any atom is -0.198 e. The average Bonchev–Trinajstić information content (AvgIpc) is 2.42. The van der Waals surface area contributed by atoms with Gasteiger partial charge in [-0.15, -0.1) is 0 Å². The topological polar surface area (TPSA) is 23.8 Å². The van der Waals surface area contributed by atoms with Gasteiger partial charge in [-0.05, 0) is 36.3 Å². The molecule has 1 nitrogen and oxygen atoms in total. The standard InChI is InChI=1S/C16H21N/c1-2-13-8-10-15(11-9-13)16(12-17)14-6-4-3-5-7-14/h8-11,14,16H,2-7H2,1H3. The van der Waals surface area contributed by atoms with Crippen LogP contribution in [0.25, 0.3) is 0 Å². The third-order valence-electron chi connectivity index (χ3n) is 4.01. The van der Waals surface area contributed by atoms with Crippen LogP contribution in [0.4, 0.5) is 0 Å². The summed E-state index contributed by atoms with van der Waals surface area (Å²) in [5, 5.41) is 9.41. The van der Waals surface area contributed by atoms with E-state index in [1.807, 2.05) is 0 Å². The Morgan fingerprint density at radius 3 is 2.35 bits per heavy atom. The van der Waals surface area contributed by atoms with E-state index in [4.69, 9.17) is 0 Å². The van der Waals surface area contributed by atoms with Gasteiger partial charge in [0, 0.05) is 0 Å². The third kappa shape index (κ3) is 2.88. The number of hydrogen-bond donors (Lipinski definition) is 0. The Hall–Kier alpha value is -1.29. The zero-order valence-corrected chi connectivity index (χ0v) is 10.7. The highest BCUT2D eigenvalue weighted by atomic mass is 14.3. The Morgan fingerprint density at radius 2 is 1.82 bits per heavy atom. The molecule has 2 rings (SSSR count). The van der Waals surface area contributed by atoms with Crippen molar-refractivity contribution in [2.75, 3.05) is 0 Å². The van der Waals surface area contributed by atoms with Crippen LogP contribution in [-0.2, 0) is 6.42 Å². The minimum atomic E-state index is 0.112. The van der Waals surface area contributed by atoms with Crippen LogP contribution in [0, 0.1) is 17.2 Å². The summed E-state index contributed by atoms with van der Waals surface area (Å²) >= 11 is 0. The summed E-state index contributed by atoms with van der Waals surface area (Å²) < 4.78 is 0. The fourth-order valence-corrected chi connectivity index (χ4v) is 2.88. The van der Waals surface area contributed by atoms with E-state index in [0.717, 1.165) is 6.42 Å². The first-order valence-corrected chi connectivity index (χ1v) is 6.83. The SMILES string of the molecule is CCc1ccc(C(C#N)C2CCCCC2)cc1. The van der Waals surface area contributed by atoms with Crippen LogP contribution in [0.15, 0.2) is 24.3 Å². The van der Waals surface area contributed by atoms with E-state index < -0.39 is 0 Å². The second-order valence-electron chi connectivity index (χ2n) is 5.10. The van der Waals surface area contributed by atoms with Gasteiger partial charge in [-0.1, -0.05) is 50.5 Å². The van der Waals surface area contributed by atoms with Crippen LogP contribution >= 0.6 is 0 Å². The highest BCUT2D eigenvalue weighted by Crippen LogP contribution is 2.35. The van der Waals surface area contributed by atoms with Gasteiger partial charge in [-0.25, -0.2) is 0 Å². The molecule has 0 aliphatic heterocycles. The molecule has 0 spiro atoms. The van der Waals surface area contributed by atoms with E-state index in [9.17, 15) is 5.26 Å². The van der Waals surface area contributed by atoms with Crippen molar-refractivity contribution in [3.05, 3.63) is 35.4 Å². The van der Waals surface area contributed by atoms with E-state index >= 15 is 0 Å². The van der Waals surface area contributed by atoms with Crippen molar-refractivity contribution in [2.24, 2.45) is 5.92 Å². The molecular weight excluding hydrogens is 206 g/mol. The molecule has 0 radical (unpaired) electrons. The number of benzene rings is 1. The number of rotatable bonds is 3. The van der Waals surface area contributed by atoms with E-state index in [2.05, 4.69) is 37.3 Å². The van der Waals surface area contributed by atoms with Crippen LogP contribution in [0.1, 0.15) is 56.1 Å². The monoisotopic (exact) mass is 227 g/mol. The number of hydrogen-bond acceptors (Lipinski definition) is 1. The molecule has 1 unspecified atom stereocenters. The molecule has 1 saturated carbocycles. The lowest BCUT2D eigenvalue weighted by molar-refractivity contribution is 0.335. The Bertz CT molecular complexity index is 379. The van der Waals surface area contributed by atoms with Gasteiger partial charge in [0.15, 0.2) is 0 Å². The molecule has 0 saturated heterocycles. The second kappa shape index (κ2) is 5.87. The lowest BCUT2D eigenvalue weighted by atomic mass is 9.77. The van der Waals surface area contributed by atoms with Gasteiger partial charge in [-0.3, -0.25) is 0 Å². The molecule has 0 heterocycles. The predicted octanol–water partition coefficient (Wildman–Crippen LogP) is 4.44. The van der Waals surface area contributed by atoms with Crippen molar-refractivity contribution in [3.8, 4) is 6.07 Å². The van der Waals surface area contributed by atoms with Crippen molar-refractivity contribution in [1.82, 2.24) is 0 Å². The highest BCUT2D eigenvalue weighted by molar-refractivity contribution is 5.29. The maximum absolute atomic E-state index is 9.41. The smallest absolute Gasteiger partial charge is 0.0740 e. The Labute approximate surface area is 104 Å². The summed E-state index contributed by atoms with van der Waals surface area (Å²) in [6.07, 6.45) is 7.48. The second-order valence-corrected chi connectivity index (χ2v) is 5.10. The minimum absolute atomic E-state index is 0.112. The van der Waals surface area contributed by atoms with Crippen LogP contribution < -0.4 is 0 Å². The molecule has 1 aliphatic rings. The van der Waals surface area contributed by atoms with Crippen molar-refractivity contribution < 1.29 is 0 Å². The number of nitriles is 1. The average molecular weight is 227 g/mol. The quantitative estimate of drug-likeness (QED) is 0.749. The predicted molar refractivity (Wildman–Crippen MR) is 70.7 cm³/mol. The molecule has 0 bridgehead atoms. The molecule has 90 valence electrons. The lowest BCUT2D eigenvalue weighted by Gasteiger charge is -2.26. The molecule has 1 fully saturated rings. The molecule has 1 heteroatoms. The fourth-order valence-electron chi connectivity index (χ4n) is 2.88. The maximum atomic E-state index is 9.41. The van der Waals surface area contributed by atoms with Crippen LogP contribution in [0.2, 0.25) is 0 Å². The zero-order chi connectivity index (χ0) is 12.1. The molecule has 17 heavy (non-hydrogen) atoms. The molecule has 0 N–H and O–H groups in total. The number of nitrogens with zero attached hydrogens (tertiary/aromatic N) is 1. The van der Waals surface area contributed by atoms with Gasteiger partial charge in [0.1, 0.15) is 0 Å². The zero-order valence-electron chi connectivity index (χ0n) is 10.7. The van der Waals surface area contributed by atoms with Gasteiger partial charge >= 0.3 is 0 Å². The Kier molecular flexibility index (Phi) is 4.20. The van der Waals surface area contributed by atoms with Gasteiger partial charge < -0.3 is 0 Å². The third-order valence-corrected chi connectivity index (χ3v) is 4.01. The summed E-state index contributed by atoms with van der Waals surface area (Å²) in [5.74, 6) is 0.697. The highest BCUT2D eigenvalue weighted by Gasteiger charge is 2.24. The fraction of sp³-hybridized carbons (Fsp3) is 0.562. The van der Waals surface area contributed by atoms with E-state index in [0.29, 0.717) is 5.92 Å². The molecule has 1 aromatic carbocycles. The molecule has 1 atom stereocenters. The van der Waals surface area contributed by atoms with Crippen LogP contribution in [-0.4, -0.2) is 0 Å². The molecule has 0 amide bonds. The molecule has 1 aromatic rings. The van der Waals surface area contributed by atoms with Crippen molar-refractivity contribution >= 4 is 0 Å². The summed E-state index contributed by atoms with van der Waals surface area (Å²) in [4.78, 5) is 0. The molecule has 1 aliphatic carbocycles. The molecule has 0 aromatic heterocycles. The lowest BCUT2D eigenvalue weighted by Crippen LogP contribution is -2.15. The van der Waals surface area contributed by atoms with Crippen LogP contribution in [0.3, 0.4) is 0 Å². The van der Waals surface area contributed by atoms with Crippen molar-refractivity contribution in [2.45, 2.75) is 51.4 Å². The van der Waals surface area contributed by atoms with Crippen molar-refractivity contribution in [1.29, 1.82) is 5.26 Å². The Morgan fingerprint density at radius 1 is 1.18 bits per heavy atom. The summed E-state index contributed by atoms with van der Waals surface area (Å²) in [5.41, 5.74) is 2.57. The first-order chi connectivity index (χ1) is 8.35. The van der Waals surface area contributed by atoms with Gasteiger partial charge in [0.2, 0.25) is 0 Å². The first kappa shape index (κ1) is 12.2. The first-order valence-electron chi connectivity index (χ1n) is 6.83. The normalized spacial score (nSPS) is 18.6. The number of aryl methyl sites for hydroxylation is 1. The summed E-state index contributed by atoms with van der Waals surface area (Å²) in [6, 6.07) is 11.2. The maximum Gasteiger partial charge on any atom is 0.0740 e. The summed E-state index contributed by atoms with van der Waals surface area (Å²) in [7, 11) is 0. The Balaban J connectivity index is 2.13. The van der Waals surface area contributed by atoms with Crippen LogP contribution in [0.5, 0.6) is 0 Å².